The Hall–Kier alpha value is -1.64. The number of hydrogen-bond donors (Lipinski definition) is 2. The highest BCUT2D eigenvalue weighted by molar-refractivity contribution is 6.07. The lowest BCUT2D eigenvalue weighted by Crippen LogP contribution is -2.70. The number of rotatable bonds is 0. The molecular formula is C22H24O7. The largest absolute Gasteiger partial charge is 0.388 e. The summed E-state index contributed by atoms with van der Waals surface area (Å²) in [6.45, 7) is 5.65. The topological polar surface area (TPSA) is 106 Å². The quantitative estimate of drug-likeness (QED) is 0.625. The number of fused-ring (bicyclic) bond motifs is 8. The highest BCUT2D eigenvalue weighted by Gasteiger charge is 2.78. The van der Waals surface area contributed by atoms with E-state index in [-0.39, 0.29) is 12.4 Å². The maximum Gasteiger partial charge on any atom is 0.198 e. The van der Waals surface area contributed by atoms with E-state index in [2.05, 4.69) is 0 Å². The summed E-state index contributed by atoms with van der Waals surface area (Å²) in [4.78, 5) is 26.6. The summed E-state index contributed by atoms with van der Waals surface area (Å²) in [6, 6.07) is 3.73. The number of carbonyl (C=O) groups is 2. The van der Waals surface area contributed by atoms with Crippen LogP contribution < -0.4 is 0 Å². The number of benzene rings is 1. The summed E-state index contributed by atoms with van der Waals surface area (Å²) in [7, 11) is 0. The van der Waals surface area contributed by atoms with Gasteiger partial charge in [0.15, 0.2) is 23.0 Å². The van der Waals surface area contributed by atoms with Crippen molar-refractivity contribution >= 4 is 11.6 Å². The van der Waals surface area contributed by atoms with Gasteiger partial charge in [-0.25, -0.2) is 0 Å². The first-order chi connectivity index (χ1) is 13.6. The van der Waals surface area contributed by atoms with Gasteiger partial charge >= 0.3 is 0 Å². The molecule has 3 unspecified atom stereocenters. The van der Waals surface area contributed by atoms with Crippen LogP contribution >= 0.6 is 0 Å². The second-order valence-electron chi connectivity index (χ2n) is 9.70. The normalized spacial score (nSPS) is 46.3. The highest BCUT2D eigenvalue weighted by Crippen LogP contribution is 2.62. The molecule has 0 radical (unpaired) electrons. The summed E-state index contributed by atoms with van der Waals surface area (Å²) >= 11 is 0. The molecule has 2 heterocycles. The van der Waals surface area contributed by atoms with Crippen molar-refractivity contribution in [2.45, 2.75) is 74.8 Å². The fraction of sp³-hybridized carbons (Fsp3) is 0.636. The Bertz CT molecular complexity index is 978. The van der Waals surface area contributed by atoms with Crippen molar-refractivity contribution in [1.82, 2.24) is 0 Å². The van der Waals surface area contributed by atoms with Crippen LogP contribution in [0.5, 0.6) is 0 Å². The molecule has 29 heavy (non-hydrogen) atoms. The summed E-state index contributed by atoms with van der Waals surface area (Å²) in [5.41, 5.74) is 0.707. The minimum absolute atomic E-state index is 0.169. The third kappa shape index (κ3) is 1.96. The summed E-state index contributed by atoms with van der Waals surface area (Å²) in [5, 5.41) is 21.5. The Labute approximate surface area is 167 Å². The average molecular weight is 400 g/mol. The maximum atomic E-state index is 13.4. The first kappa shape index (κ1) is 18.2. The number of aliphatic hydroxyl groups excluding tert-OH is 2. The van der Waals surface area contributed by atoms with Gasteiger partial charge in [-0.1, -0.05) is 19.1 Å². The molecule has 7 atom stereocenters. The van der Waals surface area contributed by atoms with Crippen LogP contribution in [0.3, 0.4) is 0 Å². The van der Waals surface area contributed by atoms with Crippen molar-refractivity contribution in [3.8, 4) is 0 Å². The van der Waals surface area contributed by atoms with Crippen molar-refractivity contribution in [2.24, 2.45) is 5.92 Å². The van der Waals surface area contributed by atoms with Crippen LogP contribution in [0.15, 0.2) is 12.1 Å². The molecule has 5 aliphatic rings. The molecule has 3 aliphatic carbocycles. The number of aliphatic hydroxyl groups is 2. The Balaban J connectivity index is 1.63. The number of Topliss-reactive ketones (excluding diaryl/α,β-unsaturated/α-hetero) is 2. The second kappa shape index (κ2) is 5.15. The molecular weight excluding hydrogens is 376 g/mol. The van der Waals surface area contributed by atoms with E-state index in [9.17, 15) is 19.8 Å². The van der Waals surface area contributed by atoms with Crippen molar-refractivity contribution < 1.29 is 34.0 Å². The van der Waals surface area contributed by atoms with Crippen LogP contribution in [0.2, 0.25) is 0 Å². The van der Waals surface area contributed by atoms with Gasteiger partial charge in [-0.2, -0.15) is 0 Å². The smallest absolute Gasteiger partial charge is 0.198 e. The zero-order chi connectivity index (χ0) is 20.5. The predicted molar refractivity (Wildman–Crippen MR) is 98.4 cm³/mol. The van der Waals surface area contributed by atoms with Gasteiger partial charge in [0.05, 0.1) is 12.7 Å². The van der Waals surface area contributed by atoms with E-state index in [0.717, 1.165) is 16.7 Å². The van der Waals surface area contributed by atoms with Crippen LogP contribution in [0.1, 0.15) is 60.3 Å². The number of epoxide rings is 1. The predicted octanol–water partition coefficient (Wildman–Crippen LogP) is 0.969. The van der Waals surface area contributed by atoms with Gasteiger partial charge in [-0.05, 0) is 43.4 Å². The zero-order valence-electron chi connectivity index (χ0n) is 16.6. The lowest BCUT2D eigenvalue weighted by atomic mass is 9.50. The molecule has 7 nitrogen and oxygen atoms in total. The molecule has 3 fully saturated rings. The van der Waals surface area contributed by atoms with Crippen LogP contribution in [-0.2, 0) is 30.8 Å². The van der Waals surface area contributed by atoms with Gasteiger partial charge in [0.25, 0.3) is 0 Å². The minimum Gasteiger partial charge on any atom is -0.388 e. The molecule has 1 saturated carbocycles. The molecule has 2 saturated heterocycles. The Morgan fingerprint density at radius 3 is 2.52 bits per heavy atom. The summed E-state index contributed by atoms with van der Waals surface area (Å²) in [6.07, 6.45) is -2.31. The lowest BCUT2D eigenvalue weighted by molar-refractivity contribution is -0.156. The van der Waals surface area contributed by atoms with E-state index in [1.165, 1.54) is 0 Å². The average Bonchev–Trinajstić information content (AvgIpc) is 3.25. The lowest BCUT2D eigenvalue weighted by Gasteiger charge is -2.53. The minimum atomic E-state index is -1.38. The van der Waals surface area contributed by atoms with Gasteiger partial charge in [-0.15, -0.1) is 0 Å². The van der Waals surface area contributed by atoms with Crippen molar-refractivity contribution in [2.75, 3.05) is 6.61 Å². The molecule has 154 valence electrons. The third-order valence-electron chi connectivity index (χ3n) is 7.75. The van der Waals surface area contributed by atoms with Gasteiger partial charge in [0.1, 0.15) is 18.3 Å². The van der Waals surface area contributed by atoms with Crippen LogP contribution in [0, 0.1) is 5.92 Å². The third-order valence-corrected chi connectivity index (χ3v) is 7.75. The fourth-order valence-electron chi connectivity index (χ4n) is 6.46. The number of ether oxygens (including phenoxy) is 3. The number of carbonyl (C=O) groups excluding carboxylic acids is 2. The number of ketones is 2. The highest BCUT2D eigenvalue weighted by atomic mass is 16.8. The molecule has 2 aliphatic heterocycles. The van der Waals surface area contributed by atoms with E-state index < -0.39 is 52.9 Å². The van der Waals surface area contributed by atoms with E-state index in [1.807, 2.05) is 19.1 Å². The molecule has 0 aromatic heterocycles. The summed E-state index contributed by atoms with van der Waals surface area (Å²) < 4.78 is 17.9. The van der Waals surface area contributed by atoms with Crippen molar-refractivity contribution in [3.05, 3.63) is 34.4 Å². The Morgan fingerprint density at radius 1 is 1.10 bits per heavy atom. The first-order valence-electron chi connectivity index (χ1n) is 10.2. The van der Waals surface area contributed by atoms with Crippen LogP contribution in [-0.4, -0.2) is 58.1 Å². The fourth-order valence-corrected chi connectivity index (χ4v) is 6.46. The van der Waals surface area contributed by atoms with Gasteiger partial charge in [-0.3, -0.25) is 9.59 Å². The van der Waals surface area contributed by atoms with E-state index in [0.29, 0.717) is 18.4 Å². The molecule has 6 rings (SSSR count). The molecule has 1 aromatic rings. The van der Waals surface area contributed by atoms with Gasteiger partial charge < -0.3 is 24.4 Å². The van der Waals surface area contributed by atoms with Gasteiger partial charge in [0.2, 0.25) is 0 Å². The Kier molecular flexibility index (Phi) is 3.23. The molecule has 2 N–H and O–H groups in total. The molecule has 0 bridgehead atoms. The first-order valence-corrected chi connectivity index (χ1v) is 10.2. The SMILES string of the molecule is CC1(C)O[C@@H]2C(=O)C3(CO3)C3[C@@H](O)C(=O)c4c(ccc5c4CCC5O)[C@@]3(C)[C@@H]2O1. The molecule has 0 amide bonds. The van der Waals surface area contributed by atoms with Crippen LogP contribution in [0.25, 0.3) is 0 Å². The maximum absolute atomic E-state index is 13.4. The molecule has 1 aromatic carbocycles. The molecule has 7 heteroatoms. The van der Waals surface area contributed by atoms with E-state index in [1.54, 1.807) is 13.8 Å². The van der Waals surface area contributed by atoms with Crippen LogP contribution in [0.4, 0.5) is 0 Å². The standard InChI is InChI=1S/C22H24O7/c1-20(2)28-16-18(26)22(8-27-22)17-15(25)14(24)13-10-5-7-12(23)9(10)4-6-11(13)21(17,3)19(16)29-20/h4,6,12,15-17,19,23,25H,5,7-8H2,1-3H3/t12?,15-,16+,17?,19+,21+,22?/m0/s1. The van der Waals surface area contributed by atoms with Crippen molar-refractivity contribution in [1.29, 1.82) is 0 Å². The van der Waals surface area contributed by atoms with Gasteiger partial charge in [0, 0.05) is 16.9 Å². The zero-order valence-corrected chi connectivity index (χ0v) is 16.6. The second-order valence-corrected chi connectivity index (χ2v) is 9.70. The monoisotopic (exact) mass is 400 g/mol. The number of hydrogen-bond acceptors (Lipinski definition) is 7. The molecule has 1 spiro atoms. The van der Waals surface area contributed by atoms with E-state index in [4.69, 9.17) is 14.2 Å². The van der Waals surface area contributed by atoms with E-state index >= 15 is 0 Å². The van der Waals surface area contributed by atoms with Crippen molar-refractivity contribution in [3.63, 3.8) is 0 Å². The Morgan fingerprint density at radius 2 is 1.83 bits per heavy atom. The summed E-state index contributed by atoms with van der Waals surface area (Å²) in [5.74, 6) is -2.35.